The van der Waals surface area contributed by atoms with E-state index in [2.05, 4.69) is 15.0 Å². The van der Waals surface area contributed by atoms with Crippen molar-refractivity contribution < 1.29 is 4.79 Å². The number of carbonyl (C=O) groups is 1. The summed E-state index contributed by atoms with van der Waals surface area (Å²) in [7, 11) is 0. The van der Waals surface area contributed by atoms with Crippen molar-refractivity contribution in [3.63, 3.8) is 0 Å². The zero-order valence-electron chi connectivity index (χ0n) is 17.6. The summed E-state index contributed by atoms with van der Waals surface area (Å²) >= 11 is 0. The Hall–Kier alpha value is -3.93. The average Bonchev–Trinajstić information content (AvgIpc) is 2.89. The molecule has 158 valence electrons. The van der Waals surface area contributed by atoms with Gasteiger partial charge in [0.05, 0.1) is 5.69 Å². The second kappa shape index (κ2) is 9.06. The Balaban J connectivity index is 1.43. The molecule has 0 spiro atoms. The molecule has 1 saturated heterocycles. The number of likely N-dealkylation sites (tertiary alicyclic amines) is 1. The van der Waals surface area contributed by atoms with Crippen LogP contribution >= 0.6 is 0 Å². The van der Waals surface area contributed by atoms with Crippen molar-refractivity contribution in [1.82, 2.24) is 24.8 Å². The quantitative estimate of drug-likeness (QED) is 0.481. The van der Waals surface area contributed by atoms with E-state index >= 15 is 0 Å². The monoisotopic (exact) mass is 421 g/mol. The van der Waals surface area contributed by atoms with Crippen LogP contribution in [0.1, 0.15) is 34.8 Å². The molecule has 4 heterocycles. The van der Waals surface area contributed by atoms with Crippen LogP contribution in [0.25, 0.3) is 22.5 Å². The molecule has 3 aromatic heterocycles. The number of benzene rings is 1. The molecule has 4 aromatic rings. The lowest BCUT2D eigenvalue weighted by molar-refractivity contribution is 0.0712. The summed E-state index contributed by atoms with van der Waals surface area (Å²) < 4.78 is 0. The lowest BCUT2D eigenvalue weighted by Gasteiger charge is -2.32. The average molecular weight is 422 g/mol. The third-order valence-corrected chi connectivity index (χ3v) is 5.92. The first-order valence-corrected chi connectivity index (χ1v) is 10.8. The summed E-state index contributed by atoms with van der Waals surface area (Å²) in [4.78, 5) is 32.8. The molecular weight excluding hydrogens is 398 g/mol. The summed E-state index contributed by atoms with van der Waals surface area (Å²) in [5, 5.41) is 0. The standard InChI is InChI=1S/C26H23N5O/c32-26(21-5-2-1-3-6-21)31-15-10-20(11-16-31)24-23(19-8-13-27-14-9-19)18-29-25(30-24)22-7-4-12-28-17-22/h1-9,12-14,17-18,20H,10-11,15-16H2. The molecule has 6 nitrogen and oxygen atoms in total. The highest BCUT2D eigenvalue weighted by Crippen LogP contribution is 2.35. The van der Waals surface area contributed by atoms with Gasteiger partial charge in [0.1, 0.15) is 0 Å². The fourth-order valence-corrected chi connectivity index (χ4v) is 4.21. The minimum Gasteiger partial charge on any atom is -0.339 e. The van der Waals surface area contributed by atoms with E-state index in [1.165, 1.54) is 0 Å². The van der Waals surface area contributed by atoms with E-state index in [0.29, 0.717) is 18.9 Å². The molecule has 0 atom stereocenters. The van der Waals surface area contributed by atoms with Gasteiger partial charge in [0.25, 0.3) is 5.91 Å². The lowest BCUT2D eigenvalue weighted by atomic mass is 9.88. The van der Waals surface area contributed by atoms with Gasteiger partial charge < -0.3 is 4.90 Å². The van der Waals surface area contributed by atoms with E-state index in [0.717, 1.165) is 40.8 Å². The molecule has 0 unspecified atom stereocenters. The van der Waals surface area contributed by atoms with Gasteiger partial charge in [-0.05, 0) is 54.8 Å². The van der Waals surface area contributed by atoms with Crippen LogP contribution in [0.15, 0.2) is 85.6 Å². The second-order valence-electron chi connectivity index (χ2n) is 7.90. The van der Waals surface area contributed by atoms with E-state index in [1.54, 1.807) is 24.8 Å². The molecule has 5 rings (SSSR count). The number of nitrogens with zero attached hydrogens (tertiary/aromatic N) is 5. The molecule has 32 heavy (non-hydrogen) atoms. The van der Waals surface area contributed by atoms with Crippen LogP contribution in [0.4, 0.5) is 0 Å². The largest absolute Gasteiger partial charge is 0.339 e. The Morgan fingerprint density at radius 2 is 1.59 bits per heavy atom. The molecule has 0 radical (unpaired) electrons. The molecule has 1 amide bonds. The summed E-state index contributed by atoms with van der Waals surface area (Å²) in [5.41, 5.74) is 4.73. The van der Waals surface area contributed by atoms with Crippen LogP contribution in [0.2, 0.25) is 0 Å². The predicted octanol–water partition coefficient (Wildman–Crippen LogP) is 4.62. The second-order valence-corrected chi connectivity index (χ2v) is 7.90. The maximum absolute atomic E-state index is 12.9. The van der Waals surface area contributed by atoms with Crippen LogP contribution in [-0.4, -0.2) is 43.8 Å². The number of pyridine rings is 2. The van der Waals surface area contributed by atoms with E-state index in [-0.39, 0.29) is 11.8 Å². The number of aromatic nitrogens is 4. The van der Waals surface area contributed by atoms with E-state index < -0.39 is 0 Å². The third-order valence-electron chi connectivity index (χ3n) is 5.92. The fourth-order valence-electron chi connectivity index (χ4n) is 4.21. The lowest BCUT2D eigenvalue weighted by Crippen LogP contribution is -2.38. The van der Waals surface area contributed by atoms with Crippen molar-refractivity contribution in [2.45, 2.75) is 18.8 Å². The fraction of sp³-hybridized carbons (Fsp3) is 0.192. The van der Waals surface area contributed by atoms with Gasteiger partial charge in [-0.2, -0.15) is 0 Å². The topological polar surface area (TPSA) is 71.9 Å². The van der Waals surface area contributed by atoms with Gasteiger partial charge in [0.2, 0.25) is 0 Å². The number of rotatable bonds is 4. The zero-order chi connectivity index (χ0) is 21.8. The van der Waals surface area contributed by atoms with Crippen LogP contribution < -0.4 is 0 Å². The first-order chi connectivity index (χ1) is 15.8. The molecule has 6 heteroatoms. The Bertz CT molecular complexity index is 1190. The maximum Gasteiger partial charge on any atom is 0.253 e. The molecule has 0 saturated carbocycles. The predicted molar refractivity (Wildman–Crippen MR) is 123 cm³/mol. The van der Waals surface area contributed by atoms with Gasteiger partial charge in [-0.1, -0.05) is 18.2 Å². The van der Waals surface area contributed by atoms with Gasteiger partial charge in [0.15, 0.2) is 5.82 Å². The van der Waals surface area contributed by atoms with Crippen molar-refractivity contribution in [3.05, 3.63) is 96.8 Å². The Morgan fingerprint density at radius 3 is 2.31 bits per heavy atom. The molecule has 1 aliphatic heterocycles. The van der Waals surface area contributed by atoms with Gasteiger partial charge in [-0.15, -0.1) is 0 Å². The van der Waals surface area contributed by atoms with E-state index in [1.807, 2.05) is 65.7 Å². The molecular formula is C26H23N5O. The first kappa shape index (κ1) is 20.0. The van der Waals surface area contributed by atoms with Crippen LogP contribution in [0, 0.1) is 0 Å². The SMILES string of the molecule is O=C(c1ccccc1)N1CCC(c2nc(-c3cccnc3)ncc2-c2ccncc2)CC1. The molecule has 1 aliphatic rings. The van der Waals surface area contributed by atoms with Crippen LogP contribution in [0.3, 0.4) is 0 Å². The smallest absolute Gasteiger partial charge is 0.253 e. The summed E-state index contributed by atoms with van der Waals surface area (Å²) in [6, 6.07) is 17.3. The number of piperidine rings is 1. The zero-order valence-corrected chi connectivity index (χ0v) is 17.6. The molecule has 0 N–H and O–H groups in total. The maximum atomic E-state index is 12.9. The van der Waals surface area contributed by atoms with Crippen molar-refractivity contribution >= 4 is 5.91 Å². The van der Waals surface area contributed by atoms with Gasteiger partial charge in [-0.3, -0.25) is 14.8 Å². The Morgan fingerprint density at radius 1 is 0.812 bits per heavy atom. The number of carbonyl (C=O) groups excluding carboxylic acids is 1. The highest BCUT2D eigenvalue weighted by atomic mass is 16.2. The van der Waals surface area contributed by atoms with Crippen LogP contribution in [0.5, 0.6) is 0 Å². The van der Waals surface area contributed by atoms with Gasteiger partial charge >= 0.3 is 0 Å². The number of hydrogen-bond acceptors (Lipinski definition) is 5. The highest BCUT2D eigenvalue weighted by Gasteiger charge is 2.27. The molecule has 0 aliphatic carbocycles. The van der Waals surface area contributed by atoms with Gasteiger partial charge in [0, 0.05) is 66.7 Å². The van der Waals surface area contributed by atoms with Crippen molar-refractivity contribution in [2.24, 2.45) is 0 Å². The van der Waals surface area contributed by atoms with E-state index in [4.69, 9.17) is 4.98 Å². The highest BCUT2D eigenvalue weighted by molar-refractivity contribution is 5.94. The van der Waals surface area contributed by atoms with Crippen molar-refractivity contribution in [1.29, 1.82) is 0 Å². The van der Waals surface area contributed by atoms with Crippen molar-refractivity contribution in [2.75, 3.05) is 13.1 Å². The van der Waals surface area contributed by atoms with Crippen LogP contribution in [-0.2, 0) is 0 Å². The summed E-state index contributed by atoms with van der Waals surface area (Å²) in [6.45, 7) is 1.42. The number of amides is 1. The normalized spacial score (nSPS) is 14.3. The van der Waals surface area contributed by atoms with Gasteiger partial charge in [-0.25, -0.2) is 9.97 Å². The summed E-state index contributed by atoms with van der Waals surface area (Å²) in [5.74, 6) is 1.02. The minimum absolute atomic E-state index is 0.0946. The third kappa shape index (κ3) is 4.12. The Labute approximate surface area is 187 Å². The Kier molecular flexibility index (Phi) is 5.66. The minimum atomic E-state index is 0.0946. The molecule has 1 aromatic carbocycles. The van der Waals surface area contributed by atoms with E-state index in [9.17, 15) is 4.79 Å². The number of hydrogen-bond donors (Lipinski definition) is 0. The summed E-state index contributed by atoms with van der Waals surface area (Å²) in [6.07, 6.45) is 10.7. The molecule has 1 fully saturated rings. The first-order valence-electron chi connectivity index (χ1n) is 10.8. The molecule has 0 bridgehead atoms. The van der Waals surface area contributed by atoms with Crippen molar-refractivity contribution in [3.8, 4) is 22.5 Å².